The lowest BCUT2D eigenvalue weighted by Crippen LogP contribution is -2.52. The summed E-state index contributed by atoms with van der Waals surface area (Å²) in [6, 6.07) is 7.25. The van der Waals surface area contributed by atoms with Crippen LogP contribution in [0.25, 0.3) is 0 Å². The van der Waals surface area contributed by atoms with E-state index in [2.05, 4.69) is 10.6 Å². The van der Waals surface area contributed by atoms with Gasteiger partial charge in [-0.15, -0.1) is 12.4 Å². The Morgan fingerprint density at radius 3 is 2.26 bits per heavy atom. The van der Waals surface area contributed by atoms with Gasteiger partial charge in [0.25, 0.3) is 0 Å². The normalized spacial score (nSPS) is 19.3. The molecule has 1 aromatic carbocycles. The summed E-state index contributed by atoms with van der Waals surface area (Å²) in [5.74, 6) is 0.0942. The van der Waals surface area contributed by atoms with Crippen molar-refractivity contribution < 1.29 is 9.59 Å². The number of carbonyl (C=O) groups excluding carboxylic acids is 2. The number of nitrogens with one attached hydrogen (secondary N) is 2. The maximum atomic E-state index is 12.4. The number of nitrogens with two attached hydrogens (primary N) is 1. The van der Waals surface area contributed by atoms with Crippen LogP contribution in [0.1, 0.15) is 44.9 Å². The van der Waals surface area contributed by atoms with Crippen LogP contribution in [-0.4, -0.2) is 17.4 Å². The average molecular weight is 338 g/mol. The molecule has 23 heavy (non-hydrogen) atoms. The van der Waals surface area contributed by atoms with Gasteiger partial charge in [-0.2, -0.15) is 0 Å². The van der Waals surface area contributed by atoms with Gasteiger partial charge in [0.05, 0.1) is 5.54 Å². The molecule has 0 unspecified atom stereocenters. The molecule has 3 rings (SSSR count). The minimum absolute atomic E-state index is 0. The molecule has 0 radical (unpaired) electrons. The van der Waals surface area contributed by atoms with Crippen LogP contribution in [-0.2, 0) is 9.59 Å². The molecular weight excluding hydrogens is 314 g/mol. The van der Waals surface area contributed by atoms with Crippen LogP contribution in [0.5, 0.6) is 0 Å². The number of amides is 2. The van der Waals surface area contributed by atoms with E-state index in [0.29, 0.717) is 11.4 Å². The summed E-state index contributed by atoms with van der Waals surface area (Å²) in [6.07, 6.45) is 6.56. The van der Waals surface area contributed by atoms with E-state index < -0.39 is 5.54 Å². The number of hydrogen-bond acceptors (Lipinski definition) is 3. The monoisotopic (exact) mass is 337 g/mol. The summed E-state index contributed by atoms with van der Waals surface area (Å²) in [7, 11) is 0. The smallest absolute Gasteiger partial charge is 0.244 e. The molecule has 6 heteroatoms. The molecule has 4 N–H and O–H groups in total. The fraction of sp³-hybridized carbons (Fsp3) is 0.529. The molecule has 2 fully saturated rings. The molecule has 2 aliphatic rings. The first-order valence-electron chi connectivity index (χ1n) is 8.08. The number of rotatable bonds is 4. The van der Waals surface area contributed by atoms with Crippen molar-refractivity contribution in [2.45, 2.75) is 50.5 Å². The Morgan fingerprint density at radius 2 is 1.65 bits per heavy atom. The minimum Gasteiger partial charge on any atom is -0.326 e. The van der Waals surface area contributed by atoms with E-state index in [-0.39, 0.29) is 30.1 Å². The van der Waals surface area contributed by atoms with Gasteiger partial charge >= 0.3 is 0 Å². The van der Waals surface area contributed by atoms with E-state index in [1.54, 1.807) is 6.07 Å². The van der Waals surface area contributed by atoms with Crippen molar-refractivity contribution in [1.82, 2.24) is 0 Å². The Balaban J connectivity index is 0.00000192. The standard InChI is InChI=1S/C17H23N3O2.ClH/c18-17(9-2-1-3-10-17)16(22)20-14-6-4-5-13(11-14)19-15(21)12-7-8-12;/h4-6,11-12H,1-3,7-10,18H2,(H,19,21)(H,20,22);1H. The Labute approximate surface area is 142 Å². The second-order valence-electron chi connectivity index (χ2n) is 6.52. The Hall–Kier alpha value is -1.59. The number of benzene rings is 1. The van der Waals surface area contributed by atoms with E-state index in [4.69, 9.17) is 5.73 Å². The van der Waals surface area contributed by atoms with E-state index in [9.17, 15) is 9.59 Å². The molecule has 0 bridgehead atoms. The molecular formula is C17H24ClN3O2. The van der Waals surface area contributed by atoms with E-state index in [0.717, 1.165) is 44.9 Å². The van der Waals surface area contributed by atoms with Crippen LogP contribution in [0.15, 0.2) is 24.3 Å². The van der Waals surface area contributed by atoms with Crippen LogP contribution >= 0.6 is 12.4 Å². The van der Waals surface area contributed by atoms with Crippen molar-refractivity contribution in [2.75, 3.05) is 10.6 Å². The summed E-state index contributed by atoms with van der Waals surface area (Å²) in [6.45, 7) is 0. The lowest BCUT2D eigenvalue weighted by atomic mass is 9.82. The van der Waals surface area contributed by atoms with Crippen molar-refractivity contribution >= 4 is 35.6 Å². The second kappa shape index (κ2) is 7.32. The molecule has 126 valence electrons. The third kappa shape index (κ3) is 4.45. The predicted molar refractivity (Wildman–Crippen MR) is 93.7 cm³/mol. The maximum absolute atomic E-state index is 12.4. The number of hydrogen-bond donors (Lipinski definition) is 3. The molecule has 5 nitrogen and oxygen atoms in total. The van der Waals surface area contributed by atoms with Gasteiger partial charge in [0.2, 0.25) is 11.8 Å². The van der Waals surface area contributed by atoms with Gasteiger partial charge in [0.15, 0.2) is 0 Å². The Kier molecular flexibility index (Phi) is 5.65. The van der Waals surface area contributed by atoms with Crippen molar-refractivity contribution in [3.63, 3.8) is 0 Å². The first-order chi connectivity index (χ1) is 10.6. The molecule has 0 aliphatic heterocycles. The Morgan fingerprint density at radius 1 is 1.04 bits per heavy atom. The predicted octanol–water partition coefficient (Wildman–Crippen LogP) is 3.06. The van der Waals surface area contributed by atoms with E-state index >= 15 is 0 Å². The summed E-state index contributed by atoms with van der Waals surface area (Å²) >= 11 is 0. The van der Waals surface area contributed by atoms with Crippen LogP contribution in [0, 0.1) is 5.92 Å². The molecule has 2 aliphatic carbocycles. The fourth-order valence-electron chi connectivity index (χ4n) is 2.93. The fourth-order valence-corrected chi connectivity index (χ4v) is 2.93. The lowest BCUT2D eigenvalue weighted by Gasteiger charge is -2.31. The first-order valence-corrected chi connectivity index (χ1v) is 8.08. The van der Waals surface area contributed by atoms with Gasteiger partial charge in [0, 0.05) is 17.3 Å². The van der Waals surface area contributed by atoms with Crippen molar-refractivity contribution in [1.29, 1.82) is 0 Å². The summed E-state index contributed by atoms with van der Waals surface area (Å²) < 4.78 is 0. The highest BCUT2D eigenvalue weighted by Crippen LogP contribution is 2.31. The van der Waals surface area contributed by atoms with Gasteiger partial charge in [-0.25, -0.2) is 0 Å². The second-order valence-corrected chi connectivity index (χ2v) is 6.52. The van der Waals surface area contributed by atoms with Gasteiger partial charge in [-0.3, -0.25) is 9.59 Å². The van der Waals surface area contributed by atoms with Gasteiger partial charge in [-0.1, -0.05) is 25.3 Å². The topological polar surface area (TPSA) is 84.2 Å². The Bertz CT molecular complexity index is 581. The SMILES string of the molecule is Cl.NC1(C(=O)Nc2cccc(NC(=O)C3CC3)c2)CCCCC1. The maximum Gasteiger partial charge on any atom is 0.244 e. The molecule has 0 aromatic heterocycles. The zero-order valence-corrected chi connectivity index (χ0v) is 14.0. The van der Waals surface area contributed by atoms with Crippen molar-refractivity contribution in [3.8, 4) is 0 Å². The highest BCUT2D eigenvalue weighted by atomic mass is 35.5. The highest BCUT2D eigenvalue weighted by Gasteiger charge is 2.35. The highest BCUT2D eigenvalue weighted by molar-refractivity contribution is 5.99. The van der Waals surface area contributed by atoms with E-state index in [1.807, 2.05) is 18.2 Å². The summed E-state index contributed by atoms with van der Waals surface area (Å²) in [4.78, 5) is 24.2. The minimum atomic E-state index is -0.758. The zero-order chi connectivity index (χ0) is 15.6. The first kappa shape index (κ1) is 17.8. The molecule has 0 heterocycles. The van der Waals surface area contributed by atoms with E-state index in [1.165, 1.54) is 0 Å². The third-order valence-corrected chi connectivity index (χ3v) is 4.53. The molecule has 2 saturated carbocycles. The quantitative estimate of drug-likeness (QED) is 0.789. The van der Waals surface area contributed by atoms with Crippen molar-refractivity contribution in [3.05, 3.63) is 24.3 Å². The molecule has 0 saturated heterocycles. The molecule has 2 amide bonds. The van der Waals surface area contributed by atoms with Crippen LogP contribution in [0.3, 0.4) is 0 Å². The molecule has 0 spiro atoms. The average Bonchev–Trinajstić information content (AvgIpc) is 3.33. The molecule has 1 aromatic rings. The van der Waals surface area contributed by atoms with Crippen molar-refractivity contribution in [2.24, 2.45) is 11.7 Å². The lowest BCUT2D eigenvalue weighted by molar-refractivity contribution is -0.122. The summed E-state index contributed by atoms with van der Waals surface area (Å²) in [5.41, 5.74) is 6.86. The van der Waals surface area contributed by atoms with Crippen LogP contribution in [0.2, 0.25) is 0 Å². The van der Waals surface area contributed by atoms with Gasteiger partial charge in [0.1, 0.15) is 0 Å². The molecule has 0 atom stereocenters. The summed E-state index contributed by atoms with van der Waals surface area (Å²) in [5, 5.41) is 5.78. The number of carbonyl (C=O) groups is 2. The third-order valence-electron chi connectivity index (χ3n) is 4.53. The largest absolute Gasteiger partial charge is 0.326 e. The number of halogens is 1. The van der Waals surface area contributed by atoms with Crippen LogP contribution < -0.4 is 16.4 Å². The zero-order valence-electron chi connectivity index (χ0n) is 13.1. The van der Waals surface area contributed by atoms with Gasteiger partial charge in [-0.05, 0) is 43.9 Å². The van der Waals surface area contributed by atoms with Crippen LogP contribution in [0.4, 0.5) is 11.4 Å². The van der Waals surface area contributed by atoms with Gasteiger partial charge < -0.3 is 16.4 Å². The number of anilines is 2.